The van der Waals surface area contributed by atoms with Crippen molar-refractivity contribution in [1.82, 2.24) is 0 Å². The molecule has 0 radical (unpaired) electrons. The first-order valence-electron chi connectivity index (χ1n) is 14.6. The van der Waals surface area contributed by atoms with Crippen molar-refractivity contribution in [3.05, 3.63) is 69.9 Å². The van der Waals surface area contributed by atoms with Gasteiger partial charge >= 0.3 is 0 Å². The Balaban J connectivity index is 2.26. The predicted octanol–water partition coefficient (Wildman–Crippen LogP) is 11.1. The zero-order valence-electron chi connectivity index (χ0n) is 25.2. The molecule has 204 valence electrons. The summed E-state index contributed by atoms with van der Waals surface area (Å²) in [7, 11) is 0. The van der Waals surface area contributed by atoms with Crippen molar-refractivity contribution in [2.24, 2.45) is 5.92 Å². The van der Waals surface area contributed by atoms with Crippen LogP contribution in [-0.4, -0.2) is 10.7 Å². The van der Waals surface area contributed by atoms with Gasteiger partial charge in [-0.05, 0) is 145 Å². The molecule has 0 saturated heterocycles. The van der Waals surface area contributed by atoms with E-state index in [4.69, 9.17) is 0 Å². The maximum absolute atomic E-state index is 11.0. The Morgan fingerprint density at radius 2 is 1.17 bits per heavy atom. The predicted molar refractivity (Wildman–Crippen MR) is 162 cm³/mol. The van der Waals surface area contributed by atoms with E-state index in [1.807, 2.05) is 6.92 Å². The number of hydrogen-bond donors (Lipinski definition) is 1. The molecule has 0 aromatic heterocycles. The second-order valence-electron chi connectivity index (χ2n) is 12.1. The molecule has 1 aliphatic rings. The molecule has 1 aliphatic carbocycles. The number of aliphatic hydroxyl groups is 1. The summed E-state index contributed by atoms with van der Waals surface area (Å²) in [6.45, 7) is 17.7. The minimum Gasteiger partial charge on any atom is -0.390 e. The Labute approximate surface area is 225 Å². The highest BCUT2D eigenvalue weighted by molar-refractivity contribution is 5.09. The molecule has 36 heavy (non-hydrogen) atoms. The zero-order chi connectivity index (χ0) is 27.0. The van der Waals surface area contributed by atoms with Crippen molar-refractivity contribution >= 4 is 0 Å². The summed E-state index contributed by atoms with van der Waals surface area (Å²) < 4.78 is 0. The van der Waals surface area contributed by atoms with Crippen LogP contribution in [0.4, 0.5) is 0 Å². The van der Waals surface area contributed by atoms with Crippen LogP contribution < -0.4 is 0 Å². The van der Waals surface area contributed by atoms with E-state index in [1.54, 1.807) is 0 Å². The van der Waals surface area contributed by atoms with Crippen LogP contribution in [0.2, 0.25) is 0 Å². The van der Waals surface area contributed by atoms with E-state index in [1.165, 1.54) is 52.7 Å². The van der Waals surface area contributed by atoms with Gasteiger partial charge in [-0.15, -0.1) is 0 Å². The lowest BCUT2D eigenvalue weighted by Crippen LogP contribution is -2.35. The fourth-order valence-corrected chi connectivity index (χ4v) is 4.98. The third kappa shape index (κ3) is 15.5. The minimum absolute atomic E-state index is 0.413. The summed E-state index contributed by atoms with van der Waals surface area (Å²) in [5.41, 5.74) is 8.35. The Morgan fingerprint density at radius 1 is 0.750 bits per heavy atom. The smallest absolute Gasteiger partial charge is 0.0653 e. The number of allylic oxidation sites excluding steroid dienone is 12. The third-order valence-electron chi connectivity index (χ3n) is 7.85. The van der Waals surface area contributed by atoms with Gasteiger partial charge in [0, 0.05) is 0 Å². The van der Waals surface area contributed by atoms with Crippen LogP contribution in [0.3, 0.4) is 0 Å². The fraction of sp³-hybridized carbons (Fsp3) is 0.657. The van der Waals surface area contributed by atoms with Crippen LogP contribution in [0.15, 0.2) is 69.9 Å². The molecule has 0 heterocycles. The van der Waals surface area contributed by atoms with Crippen LogP contribution in [0.1, 0.15) is 139 Å². The molecule has 0 bridgehead atoms. The molecule has 0 aromatic carbocycles. The Hall–Kier alpha value is -1.60. The normalized spacial score (nSPS) is 19.7. The van der Waals surface area contributed by atoms with Crippen molar-refractivity contribution in [3.63, 3.8) is 0 Å². The summed E-state index contributed by atoms with van der Waals surface area (Å²) >= 11 is 0. The molecule has 0 spiro atoms. The molecule has 0 fully saturated rings. The zero-order valence-corrected chi connectivity index (χ0v) is 25.2. The monoisotopic (exact) mass is 494 g/mol. The van der Waals surface area contributed by atoms with Gasteiger partial charge in [-0.3, -0.25) is 0 Å². The molecule has 0 saturated carbocycles. The topological polar surface area (TPSA) is 20.2 Å². The van der Waals surface area contributed by atoms with Gasteiger partial charge in [0.15, 0.2) is 0 Å². The first-order chi connectivity index (χ1) is 17.0. The van der Waals surface area contributed by atoms with Crippen LogP contribution in [0.5, 0.6) is 0 Å². The maximum atomic E-state index is 11.0. The van der Waals surface area contributed by atoms with Crippen LogP contribution in [-0.2, 0) is 0 Å². The lowest BCUT2D eigenvalue weighted by molar-refractivity contribution is -0.0122. The van der Waals surface area contributed by atoms with E-state index in [2.05, 4.69) is 84.9 Å². The van der Waals surface area contributed by atoms with Gasteiger partial charge < -0.3 is 5.11 Å². The van der Waals surface area contributed by atoms with Crippen molar-refractivity contribution in [3.8, 4) is 0 Å². The molecular formula is C35H58O. The highest BCUT2D eigenvalue weighted by Crippen LogP contribution is 2.34. The van der Waals surface area contributed by atoms with Crippen molar-refractivity contribution < 1.29 is 5.11 Å². The Bertz CT molecular complexity index is 821. The summed E-state index contributed by atoms with van der Waals surface area (Å²) in [5.74, 6) is 0.413. The molecule has 1 N–H and O–H groups in total. The third-order valence-corrected chi connectivity index (χ3v) is 7.85. The highest BCUT2D eigenvalue weighted by atomic mass is 16.3. The fourth-order valence-electron chi connectivity index (χ4n) is 4.98. The lowest BCUT2D eigenvalue weighted by atomic mass is 9.76. The van der Waals surface area contributed by atoms with Gasteiger partial charge in [0.25, 0.3) is 0 Å². The first kappa shape index (κ1) is 32.4. The summed E-state index contributed by atoms with van der Waals surface area (Å²) in [4.78, 5) is 0. The second-order valence-corrected chi connectivity index (χ2v) is 12.1. The summed E-state index contributed by atoms with van der Waals surface area (Å²) in [6.07, 6.45) is 28.7. The van der Waals surface area contributed by atoms with Crippen LogP contribution >= 0.6 is 0 Å². The number of rotatable bonds is 16. The van der Waals surface area contributed by atoms with Gasteiger partial charge in [-0.25, -0.2) is 0 Å². The van der Waals surface area contributed by atoms with E-state index in [0.717, 1.165) is 64.2 Å². The SMILES string of the molecule is CC(C)=CCC/C(C)=C/CC/C(C)=C/CC/C(C)=C/CC/C(C)=C/CCC(C)(O)C1CC=C(C)CC1. The minimum atomic E-state index is -0.545. The largest absolute Gasteiger partial charge is 0.390 e. The van der Waals surface area contributed by atoms with Crippen molar-refractivity contribution in [2.45, 2.75) is 144 Å². The molecular weight excluding hydrogens is 436 g/mol. The number of hydrogen-bond acceptors (Lipinski definition) is 1. The molecule has 1 nitrogen and oxygen atoms in total. The lowest BCUT2D eigenvalue weighted by Gasteiger charge is -2.34. The van der Waals surface area contributed by atoms with Gasteiger partial charge in [0.1, 0.15) is 0 Å². The van der Waals surface area contributed by atoms with E-state index in [0.29, 0.717) is 5.92 Å². The highest BCUT2D eigenvalue weighted by Gasteiger charge is 2.31. The average molecular weight is 495 g/mol. The molecule has 2 unspecified atom stereocenters. The second kappa shape index (κ2) is 17.8. The molecule has 0 aromatic rings. The molecule has 1 rings (SSSR count). The van der Waals surface area contributed by atoms with E-state index in [9.17, 15) is 5.11 Å². The quantitative estimate of drug-likeness (QED) is 0.211. The van der Waals surface area contributed by atoms with Crippen LogP contribution in [0.25, 0.3) is 0 Å². The maximum Gasteiger partial charge on any atom is 0.0653 e. The molecule has 0 amide bonds. The molecule has 2 atom stereocenters. The average Bonchev–Trinajstić information content (AvgIpc) is 2.79. The van der Waals surface area contributed by atoms with E-state index >= 15 is 0 Å². The first-order valence-corrected chi connectivity index (χ1v) is 14.6. The standard InChI is InChI=1S/C35H58O/c1-28(2)14-9-15-29(3)16-10-17-30(4)18-11-19-31(5)20-12-21-32(6)22-13-27-35(8,36)34-25-23-33(7)24-26-34/h14,16,18,20,22-23,34,36H,9-13,15,17,19,21,24-27H2,1-8H3/b29-16+,30-18+,31-20+,32-22+. The van der Waals surface area contributed by atoms with E-state index in [-0.39, 0.29) is 0 Å². The molecule has 0 aliphatic heterocycles. The Kier molecular flexibility index (Phi) is 16.0. The van der Waals surface area contributed by atoms with Crippen molar-refractivity contribution in [2.75, 3.05) is 0 Å². The Morgan fingerprint density at radius 3 is 1.56 bits per heavy atom. The summed E-state index contributed by atoms with van der Waals surface area (Å²) in [6, 6.07) is 0. The summed E-state index contributed by atoms with van der Waals surface area (Å²) in [5, 5.41) is 11.0. The van der Waals surface area contributed by atoms with Gasteiger partial charge in [0.05, 0.1) is 5.60 Å². The van der Waals surface area contributed by atoms with Crippen molar-refractivity contribution in [1.29, 1.82) is 0 Å². The van der Waals surface area contributed by atoms with Gasteiger partial charge in [-0.2, -0.15) is 0 Å². The van der Waals surface area contributed by atoms with E-state index < -0.39 is 5.60 Å². The van der Waals surface area contributed by atoms with Crippen LogP contribution in [0, 0.1) is 5.92 Å². The van der Waals surface area contributed by atoms with Gasteiger partial charge in [-0.1, -0.05) is 69.9 Å². The van der Waals surface area contributed by atoms with Gasteiger partial charge in [0.2, 0.25) is 0 Å². The molecule has 1 heteroatoms.